The highest BCUT2D eigenvalue weighted by molar-refractivity contribution is 9.10. The van der Waals surface area contributed by atoms with E-state index in [4.69, 9.17) is 5.10 Å². The molecule has 0 bridgehead atoms. The van der Waals surface area contributed by atoms with E-state index in [1.165, 1.54) is 22.2 Å². The van der Waals surface area contributed by atoms with Gasteiger partial charge in [0.2, 0.25) is 4.96 Å². The molecule has 0 saturated heterocycles. The molecule has 3 heterocycles. The second-order valence-corrected chi connectivity index (χ2v) is 8.02. The molecule has 2 aromatic carbocycles. The molecule has 0 unspecified atom stereocenters. The summed E-state index contributed by atoms with van der Waals surface area (Å²) in [5.74, 6) is 0. The molecule has 0 spiro atoms. The van der Waals surface area contributed by atoms with Crippen LogP contribution in [0.15, 0.2) is 76.4 Å². The van der Waals surface area contributed by atoms with Gasteiger partial charge in [0.25, 0.3) is 5.56 Å². The monoisotopic (exact) mass is 449 g/mol. The van der Waals surface area contributed by atoms with E-state index in [0.29, 0.717) is 9.49 Å². The highest BCUT2D eigenvalue weighted by atomic mass is 79.9. The maximum atomic E-state index is 12.6. The molecule has 0 aliphatic heterocycles. The molecule has 3 aromatic heterocycles. The number of para-hydroxylation sites is 1. The third-order valence-corrected chi connectivity index (χ3v) is 5.79. The van der Waals surface area contributed by atoms with Crippen LogP contribution in [-0.2, 0) is 0 Å². The number of rotatable bonds is 3. The van der Waals surface area contributed by atoms with E-state index in [1.54, 1.807) is 0 Å². The van der Waals surface area contributed by atoms with Crippen LogP contribution < -0.4 is 10.1 Å². The molecular weight excluding hydrogens is 438 g/mol. The van der Waals surface area contributed by atoms with Gasteiger partial charge in [-0.25, -0.2) is 9.67 Å². The second kappa shape index (κ2) is 6.81. The van der Waals surface area contributed by atoms with Crippen LogP contribution in [0.5, 0.6) is 0 Å². The van der Waals surface area contributed by atoms with Gasteiger partial charge in [-0.05, 0) is 30.3 Å². The van der Waals surface area contributed by atoms with Crippen molar-refractivity contribution in [3.05, 3.63) is 92.0 Å². The zero-order chi connectivity index (χ0) is 19.1. The van der Waals surface area contributed by atoms with Gasteiger partial charge in [-0.3, -0.25) is 4.79 Å². The first-order valence-electron chi connectivity index (χ1n) is 8.44. The molecule has 5 rings (SSSR count). The maximum Gasteiger partial charge on any atom is 0.291 e. The molecule has 136 valence electrons. The summed E-state index contributed by atoms with van der Waals surface area (Å²) in [5, 5.41) is 8.76. The van der Waals surface area contributed by atoms with Crippen LogP contribution in [-0.4, -0.2) is 24.4 Å². The SMILES string of the molecule is O=c1/c(=C/c2cn(-c3ccccc3)nc2-c2ccc(Br)cc2)sc2ncnn12. The van der Waals surface area contributed by atoms with Gasteiger partial charge in [0.05, 0.1) is 15.9 Å². The summed E-state index contributed by atoms with van der Waals surface area (Å²) in [5.41, 5.74) is 3.40. The summed E-state index contributed by atoms with van der Waals surface area (Å²) >= 11 is 4.78. The van der Waals surface area contributed by atoms with Gasteiger partial charge in [-0.1, -0.05) is 57.6 Å². The van der Waals surface area contributed by atoms with Gasteiger partial charge in [0, 0.05) is 21.8 Å². The van der Waals surface area contributed by atoms with Crippen molar-refractivity contribution in [2.75, 3.05) is 0 Å². The lowest BCUT2D eigenvalue weighted by atomic mass is 10.1. The van der Waals surface area contributed by atoms with E-state index in [9.17, 15) is 4.79 Å². The van der Waals surface area contributed by atoms with E-state index in [0.717, 1.165) is 27.0 Å². The van der Waals surface area contributed by atoms with E-state index in [2.05, 4.69) is 26.0 Å². The average molecular weight is 450 g/mol. The number of nitrogens with zero attached hydrogens (tertiary/aromatic N) is 5. The smallest absolute Gasteiger partial charge is 0.266 e. The van der Waals surface area contributed by atoms with Crippen molar-refractivity contribution in [2.24, 2.45) is 0 Å². The number of benzene rings is 2. The van der Waals surface area contributed by atoms with Crippen LogP contribution in [0.2, 0.25) is 0 Å². The zero-order valence-corrected chi connectivity index (χ0v) is 16.8. The molecule has 0 atom stereocenters. The Balaban J connectivity index is 1.73. The zero-order valence-electron chi connectivity index (χ0n) is 14.4. The molecule has 5 aromatic rings. The van der Waals surface area contributed by atoms with Crippen molar-refractivity contribution in [1.82, 2.24) is 24.4 Å². The van der Waals surface area contributed by atoms with Crippen molar-refractivity contribution in [1.29, 1.82) is 0 Å². The number of thiazole rings is 1. The predicted octanol–water partition coefficient (Wildman–Crippen LogP) is 3.31. The van der Waals surface area contributed by atoms with Crippen molar-refractivity contribution in [2.45, 2.75) is 0 Å². The highest BCUT2D eigenvalue weighted by Crippen LogP contribution is 2.26. The van der Waals surface area contributed by atoms with Crippen molar-refractivity contribution < 1.29 is 0 Å². The summed E-state index contributed by atoms with van der Waals surface area (Å²) in [7, 11) is 0. The first-order chi connectivity index (χ1) is 13.7. The third kappa shape index (κ3) is 2.96. The standard InChI is InChI=1S/C20H12BrN5OS/c21-15-8-6-13(7-9-15)18-14(11-25(24-18)16-4-2-1-3-5-16)10-17-19(27)26-20(28-17)22-12-23-26/h1-12H/b17-10-. The van der Waals surface area contributed by atoms with Crippen LogP contribution in [0.3, 0.4) is 0 Å². The average Bonchev–Trinajstić information content (AvgIpc) is 3.41. The first kappa shape index (κ1) is 17.0. The van der Waals surface area contributed by atoms with Gasteiger partial charge in [0.1, 0.15) is 6.33 Å². The minimum Gasteiger partial charge on any atom is -0.266 e. The largest absolute Gasteiger partial charge is 0.291 e. The molecule has 0 saturated carbocycles. The molecular formula is C20H12BrN5OS. The maximum absolute atomic E-state index is 12.6. The number of hydrogen-bond donors (Lipinski definition) is 0. The van der Waals surface area contributed by atoms with Gasteiger partial charge >= 0.3 is 0 Å². The molecule has 0 fully saturated rings. The lowest BCUT2D eigenvalue weighted by Crippen LogP contribution is -2.23. The van der Waals surface area contributed by atoms with Gasteiger partial charge < -0.3 is 0 Å². The quantitative estimate of drug-likeness (QED) is 0.423. The van der Waals surface area contributed by atoms with Gasteiger partial charge in [0.15, 0.2) is 0 Å². The van der Waals surface area contributed by atoms with Crippen LogP contribution >= 0.6 is 27.3 Å². The van der Waals surface area contributed by atoms with Crippen molar-refractivity contribution >= 4 is 38.3 Å². The van der Waals surface area contributed by atoms with Crippen LogP contribution in [0.1, 0.15) is 5.56 Å². The topological polar surface area (TPSA) is 65.1 Å². The molecule has 6 nitrogen and oxygen atoms in total. The molecule has 0 N–H and O–H groups in total. The number of fused-ring (bicyclic) bond motifs is 1. The molecule has 0 radical (unpaired) electrons. The van der Waals surface area contributed by atoms with E-state index >= 15 is 0 Å². The predicted molar refractivity (Wildman–Crippen MR) is 113 cm³/mol. The van der Waals surface area contributed by atoms with Gasteiger partial charge in [-0.2, -0.15) is 14.7 Å². The lowest BCUT2D eigenvalue weighted by molar-refractivity contribution is 0.884. The van der Waals surface area contributed by atoms with Crippen LogP contribution in [0, 0.1) is 0 Å². The molecule has 0 amide bonds. The second-order valence-electron chi connectivity index (χ2n) is 6.09. The fraction of sp³-hybridized carbons (Fsp3) is 0. The fourth-order valence-electron chi connectivity index (χ4n) is 2.96. The van der Waals surface area contributed by atoms with Gasteiger partial charge in [-0.15, -0.1) is 0 Å². The Morgan fingerprint density at radius 2 is 1.82 bits per heavy atom. The summed E-state index contributed by atoms with van der Waals surface area (Å²) in [6.07, 6.45) is 5.17. The van der Waals surface area contributed by atoms with Crippen LogP contribution in [0.25, 0.3) is 28.0 Å². The molecule has 28 heavy (non-hydrogen) atoms. The Morgan fingerprint density at radius 3 is 2.57 bits per heavy atom. The minimum absolute atomic E-state index is 0.174. The summed E-state index contributed by atoms with van der Waals surface area (Å²) < 4.78 is 4.71. The minimum atomic E-state index is -0.174. The van der Waals surface area contributed by atoms with E-state index < -0.39 is 0 Å². The molecule has 0 aliphatic rings. The van der Waals surface area contributed by atoms with Crippen molar-refractivity contribution in [3.63, 3.8) is 0 Å². The summed E-state index contributed by atoms with van der Waals surface area (Å²) in [6, 6.07) is 17.8. The highest BCUT2D eigenvalue weighted by Gasteiger charge is 2.13. The number of aromatic nitrogens is 5. The van der Waals surface area contributed by atoms with E-state index in [1.807, 2.05) is 71.6 Å². The Hall–Kier alpha value is -3.10. The Morgan fingerprint density at radius 1 is 1.04 bits per heavy atom. The fourth-order valence-corrected chi connectivity index (χ4v) is 4.09. The normalized spacial score (nSPS) is 12.1. The number of hydrogen-bond acceptors (Lipinski definition) is 5. The summed E-state index contributed by atoms with van der Waals surface area (Å²) in [4.78, 5) is 17.3. The van der Waals surface area contributed by atoms with Crippen molar-refractivity contribution in [3.8, 4) is 16.9 Å². The molecule has 0 aliphatic carbocycles. The Labute approximate surface area is 171 Å². The number of halogens is 1. The van der Waals surface area contributed by atoms with Crippen LogP contribution in [0.4, 0.5) is 0 Å². The third-order valence-electron chi connectivity index (χ3n) is 4.29. The Kier molecular flexibility index (Phi) is 4.14. The summed E-state index contributed by atoms with van der Waals surface area (Å²) in [6.45, 7) is 0. The lowest BCUT2D eigenvalue weighted by Gasteiger charge is -2.00. The molecule has 8 heteroatoms. The van der Waals surface area contributed by atoms with E-state index in [-0.39, 0.29) is 5.56 Å². The first-order valence-corrected chi connectivity index (χ1v) is 10.1. The Bertz CT molecular complexity index is 1390.